The molecule has 1 unspecified atom stereocenters. The van der Waals surface area contributed by atoms with E-state index in [1.807, 2.05) is 9.80 Å². The van der Waals surface area contributed by atoms with Gasteiger partial charge in [0, 0.05) is 12.1 Å². The average Bonchev–Trinajstić information content (AvgIpc) is 2.23. The van der Waals surface area contributed by atoms with Gasteiger partial charge in [0.1, 0.15) is 0 Å². The molecule has 2 N–H and O–H groups in total. The summed E-state index contributed by atoms with van der Waals surface area (Å²) in [6.07, 6.45) is 1.75. The van der Waals surface area contributed by atoms with E-state index >= 15 is 0 Å². The Morgan fingerprint density at radius 1 is 0.650 bits per heavy atom. The summed E-state index contributed by atoms with van der Waals surface area (Å²) in [5, 5.41) is 4.54. The number of carbonyl (C=O) groups excluding carboxylic acids is 4. The van der Waals surface area contributed by atoms with Gasteiger partial charge in [-0.15, -0.1) is 0 Å². The van der Waals surface area contributed by atoms with Crippen LogP contribution < -0.4 is 10.6 Å². The van der Waals surface area contributed by atoms with Crippen LogP contribution in [-0.2, 0) is 19.2 Å². The first-order valence-corrected chi connectivity index (χ1v) is 6.66. The van der Waals surface area contributed by atoms with Crippen LogP contribution in [0.5, 0.6) is 0 Å². The standard InChI is InChI=1S/C12H16N4O4/c17-9-3-15(4-10(18)13-9)7-1-2-8(7)16-5-11(19)14-12(20)6-16/h7-8H,1-6H2,(H,13,17,18)(H,14,19,20)/t7-,8?/m1/s1. The molecule has 20 heavy (non-hydrogen) atoms. The monoisotopic (exact) mass is 280 g/mol. The molecule has 0 spiro atoms. The molecule has 108 valence electrons. The molecule has 0 radical (unpaired) electrons. The molecule has 1 saturated carbocycles. The fraction of sp³-hybridized carbons (Fsp3) is 0.667. The maximum Gasteiger partial charge on any atom is 0.240 e. The molecule has 0 aromatic rings. The van der Waals surface area contributed by atoms with E-state index in [0.717, 1.165) is 12.8 Å². The molecule has 0 aromatic heterocycles. The number of amides is 4. The third kappa shape index (κ3) is 2.44. The van der Waals surface area contributed by atoms with E-state index in [2.05, 4.69) is 10.6 Å². The van der Waals surface area contributed by atoms with Gasteiger partial charge in [0.2, 0.25) is 23.6 Å². The lowest BCUT2D eigenvalue weighted by Gasteiger charge is -2.50. The van der Waals surface area contributed by atoms with Crippen molar-refractivity contribution in [2.75, 3.05) is 26.2 Å². The summed E-state index contributed by atoms with van der Waals surface area (Å²) in [7, 11) is 0. The van der Waals surface area contributed by atoms with Crippen LogP contribution in [0.15, 0.2) is 0 Å². The molecule has 1 aliphatic carbocycles. The van der Waals surface area contributed by atoms with Crippen LogP contribution >= 0.6 is 0 Å². The summed E-state index contributed by atoms with van der Waals surface area (Å²) < 4.78 is 0. The third-order valence-corrected chi connectivity index (χ3v) is 4.08. The van der Waals surface area contributed by atoms with Crippen molar-refractivity contribution >= 4 is 23.6 Å². The molecule has 0 aromatic carbocycles. The van der Waals surface area contributed by atoms with Crippen LogP contribution in [-0.4, -0.2) is 71.7 Å². The molecule has 0 bridgehead atoms. The predicted octanol–water partition coefficient (Wildman–Crippen LogP) is -2.57. The first-order chi connectivity index (χ1) is 9.52. The van der Waals surface area contributed by atoms with E-state index in [9.17, 15) is 19.2 Å². The number of carbonyl (C=O) groups is 4. The third-order valence-electron chi connectivity index (χ3n) is 4.08. The zero-order valence-corrected chi connectivity index (χ0v) is 10.9. The Bertz CT molecular complexity index is 416. The van der Waals surface area contributed by atoms with Crippen LogP contribution in [0.2, 0.25) is 0 Å². The summed E-state index contributed by atoms with van der Waals surface area (Å²) in [4.78, 5) is 49.3. The molecule has 3 rings (SSSR count). The number of nitrogens with one attached hydrogen (secondary N) is 2. The lowest BCUT2D eigenvalue weighted by atomic mass is 9.83. The van der Waals surface area contributed by atoms with E-state index < -0.39 is 0 Å². The lowest BCUT2D eigenvalue weighted by molar-refractivity contribution is -0.144. The maximum atomic E-state index is 11.4. The van der Waals surface area contributed by atoms with E-state index in [4.69, 9.17) is 0 Å². The molecule has 4 amide bonds. The molecule has 2 atom stereocenters. The van der Waals surface area contributed by atoms with E-state index in [1.165, 1.54) is 0 Å². The van der Waals surface area contributed by atoms with Gasteiger partial charge in [-0.2, -0.15) is 0 Å². The smallest absolute Gasteiger partial charge is 0.240 e. The molecule has 3 fully saturated rings. The fourth-order valence-corrected chi connectivity index (χ4v) is 3.10. The van der Waals surface area contributed by atoms with Crippen molar-refractivity contribution in [2.45, 2.75) is 24.9 Å². The van der Waals surface area contributed by atoms with Gasteiger partial charge in [-0.05, 0) is 12.8 Å². The molecule has 8 nitrogen and oxygen atoms in total. The van der Waals surface area contributed by atoms with Crippen LogP contribution in [0.1, 0.15) is 12.8 Å². The summed E-state index contributed by atoms with van der Waals surface area (Å²) in [6, 6.07) is 0.118. The minimum absolute atomic E-state index is 0.0590. The van der Waals surface area contributed by atoms with Crippen molar-refractivity contribution in [1.29, 1.82) is 0 Å². The Morgan fingerprint density at radius 2 is 0.950 bits per heavy atom. The largest absolute Gasteiger partial charge is 0.294 e. The quantitative estimate of drug-likeness (QED) is 0.540. The Kier molecular flexibility index (Phi) is 3.27. The number of hydrogen-bond donors (Lipinski definition) is 2. The first-order valence-electron chi connectivity index (χ1n) is 6.66. The SMILES string of the molecule is O=C1CN(C2CC[C@H]2N2CC(=O)NC(=O)C2)CC(=O)N1. The highest BCUT2D eigenvalue weighted by Crippen LogP contribution is 2.31. The minimum Gasteiger partial charge on any atom is -0.294 e. The van der Waals surface area contributed by atoms with E-state index in [0.29, 0.717) is 0 Å². The van der Waals surface area contributed by atoms with Crippen molar-refractivity contribution in [3.05, 3.63) is 0 Å². The van der Waals surface area contributed by atoms with Crippen molar-refractivity contribution in [2.24, 2.45) is 0 Å². The summed E-state index contributed by atoms with van der Waals surface area (Å²) in [5.41, 5.74) is 0. The number of hydrogen-bond acceptors (Lipinski definition) is 6. The van der Waals surface area contributed by atoms with Gasteiger partial charge in [0.25, 0.3) is 0 Å². The Balaban J connectivity index is 1.66. The molecule has 8 heteroatoms. The molecule has 2 heterocycles. The number of rotatable bonds is 2. The van der Waals surface area contributed by atoms with Crippen LogP contribution in [0.4, 0.5) is 0 Å². The molecule has 3 aliphatic rings. The van der Waals surface area contributed by atoms with Crippen LogP contribution in [0.25, 0.3) is 0 Å². The predicted molar refractivity (Wildman–Crippen MR) is 66.3 cm³/mol. The van der Waals surface area contributed by atoms with Gasteiger partial charge in [-0.1, -0.05) is 0 Å². The van der Waals surface area contributed by atoms with Crippen molar-refractivity contribution in [3.63, 3.8) is 0 Å². The zero-order chi connectivity index (χ0) is 14.3. The molecular formula is C12H16N4O4. The van der Waals surface area contributed by atoms with Gasteiger partial charge < -0.3 is 0 Å². The van der Waals surface area contributed by atoms with Gasteiger partial charge >= 0.3 is 0 Å². The maximum absolute atomic E-state index is 11.4. The lowest BCUT2D eigenvalue weighted by Crippen LogP contribution is -2.66. The first kappa shape index (κ1) is 13.2. The Hall–Kier alpha value is -1.80. The number of imide groups is 2. The highest BCUT2D eigenvalue weighted by molar-refractivity contribution is 6.00. The second-order valence-electron chi connectivity index (χ2n) is 5.46. The van der Waals surface area contributed by atoms with E-state index in [-0.39, 0.29) is 61.9 Å². The minimum atomic E-state index is -0.292. The second kappa shape index (κ2) is 4.95. The second-order valence-corrected chi connectivity index (χ2v) is 5.46. The van der Waals surface area contributed by atoms with Gasteiger partial charge in [0.15, 0.2) is 0 Å². The zero-order valence-electron chi connectivity index (χ0n) is 10.9. The topological polar surface area (TPSA) is 98.8 Å². The highest BCUT2D eigenvalue weighted by atomic mass is 16.2. The normalized spacial score (nSPS) is 32.6. The van der Waals surface area contributed by atoms with Crippen molar-refractivity contribution in [3.8, 4) is 0 Å². The summed E-state index contributed by atoms with van der Waals surface area (Å²) >= 11 is 0. The molecule has 2 aliphatic heterocycles. The summed E-state index contributed by atoms with van der Waals surface area (Å²) in [5.74, 6) is -1.17. The number of nitrogens with zero attached hydrogens (tertiary/aromatic N) is 2. The molecular weight excluding hydrogens is 264 g/mol. The van der Waals surface area contributed by atoms with Crippen LogP contribution in [0.3, 0.4) is 0 Å². The van der Waals surface area contributed by atoms with E-state index in [1.54, 1.807) is 0 Å². The Morgan fingerprint density at radius 3 is 1.20 bits per heavy atom. The van der Waals surface area contributed by atoms with Crippen molar-refractivity contribution in [1.82, 2.24) is 20.4 Å². The molecule has 2 saturated heterocycles. The fourth-order valence-electron chi connectivity index (χ4n) is 3.10. The highest BCUT2D eigenvalue weighted by Gasteiger charge is 2.43. The van der Waals surface area contributed by atoms with Gasteiger partial charge in [-0.3, -0.25) is 39.6 Å². The average molecular weight is 280 g/mol. The number of piperazine rings is 2. The van der Waals surface area contributed by atoms with Crippen molar-refractivity contribution < 1.29 is 19.2 Å². The van der Waals surface area contributed by atoms with Gasteiger partial charge in [0.05, 0.1) is 26.2 Å². The van der Waals surface area contributed by atoms with Crippen LogP contribution in [0, 0.1) is 0 Å². The summed E-state index contributed by atoms with van der Waals surface area (Å²) in [6.45, 7) is 0.781. The van der Waals surface area contributed by atoms with Gasteiger partial charge in [-0.25, -0.2) is 0 Å². The Labute approximate surface area is 115 Å².